The molecule has 1 heteroatoms. The minimum Gasteiger partial charge on any atom is -0.308 e. The van der Waals surface area contributed by atoms with Gasteiger partial charge in [-0.25, -0.2) is 0 Å². The van der Waals surface area contributed by atoms with Gasteiger partial charge >= 0.3 is 0 Å². The second-order valence-corrected chi connectivity index (χ2v) is 13.1. The van der Waals surface area contributed by atoms with Gasteiger partial charge in [0, 0.05) is 21.5 Å². The Bertz CT molecular complexity index is 2420. The molecule has 9 rings (SSSR count). The first-order chi connectivity index (χ1) is 20.9. The monoisotopic (exact) mass is 551 g/mol. The molecule has 0 unspecified atom stereocenters. The second-order valence-electron chi connectivity index (χ2n) is 13.1. The zero-order chi connectivity index (χ0) is 29.0. The molecule has 0 radical (unpaired) electrons. The Morgan fingerprint density at radius 3 is 1.47 bits per heavy atom. The fourth-order valence-electron chi connectivity index (χ4n) is 7.32. The van der Waals surface area contributed by atoms with Crippen molar-refractivity contribution in [2.45, 2.75) is 39.5 Å². The SMILES string of the molecule is CC(C)c1ccc2cc3c(cc2c1)c1cc(-c2ccc4ccccc4c2)cc2c4cc5cc(C(C)C)ccc5cc4n3c12. The van der Waals surface area contributed by atoms with Gasteiger partial charge in [-0.3, -0.25) is 0 Å². The highest BCUT2D eigenvalue weighted by Gasteiger charge is 2.20. The van der Waals surface area contributed by atoms with Crippen LogP contribution in [0.3, 0.4) is 0 Å². The summed E-state index contributed by atoms with van der Waals surface area (Å²) in [5, 5.41) is 13.1. The van der Waals surface area contributed by atoms with Crippen molar-refractivity contribution in [2.24, 2.45) is 0 Å². The van der Waals surface area contributed by atoms with Crippen molar-refractivity contribution in [3.63, 3.8) is 0 Å². The quantitative estimate of drug-likeness (QED) is 0.206. The van der Waals surface area contributed by atoms with Crippen LogP contribution in [0.25, 0.3) is 81.5 Å². The van der Waals surface area contributed by atoms with E-state index in [1.807, 2.05) is 0 Å². The number of hydrogen-bond donors (Lipinski definition) is 0. The smallest absolute Gasteiger partial charge is 0.0620 e. The summed E-state index contributed by atoms with van der Waals surface area (Å²) in [6, 6.07) is 44.1. The molecular weight excluding hydrogens is 518 g/mol. The topological polar surface area (TPSA) is 4.41 Å². The van der Waals surface area contributed by atoms with Crippen LogP contribution in [-0.2, 0) is 0 Å². The maximum Gasteiger partial charge on any atom is 0.0620 e. The third kappa shape index (κ3) is 3.58. The Morgan fingerprint density at radius 1 is 0.395 bits per heavy atom. The molecule has 2 aromatic heterocycles. The minimum absolute atomic E-state index is 0.503. The van der Waals surface area contributed by atoms with Gasteiger partial charge in [0.05, 0.1) is 16.6 Å². The lowest BCUT2D eigenvalue weighted by Gasteiger charge is -2.09. The van der Waals surface area contributed by atoms with E-state index in [0.717, 1.165) is 0 Å². The first-order valence-electron chi connectivity index (χ1n) is 15.6. The number of aromatic nitrogens is 1. The first-order valence-corrected chi connectivity index (χ1v) is 15.6. The average Bonchev–Trinajstić information content (AvgIpc) is 3.52. The first kappa shape index (κ1) is 24.7. The zero-order valence-electron chi connectivity index (χ0n) is 25.1. The van der Waals surface area contributed by atoms with Crippen LogP contribution in [0.15, 0.2) is 115 Å². The summed E-state index contributed by atoms with van der Waals surface area (Å²) in [4.78, 5) is 0. The summed E-state index contributed by atoms with van der Waals surface area (Å²) in [6.45, 7) is 9.10. The molecular formula is C42H33N. The van der Waals surface area contributed by atoms with Gasteiger partial charge in [-0.1, -0.05) is 100 Å². The summed E-state index contributed by atoms with van der Waals surface area (Å²) in [7, 11) is 0. The summed E-state index contributed by atoms with van der Waals surface area (Å²) in [5.74, 6) is 1.01. The lowest BCUT2D eigenvalue weighted by molar-refractivity contribution is 0.869. The van der Waals surface area contributed by atoms with Crippen LogP contribution in [0.1, 0.15) is 50.7 Å². The fourth-order valence-corrected chi connectivity index (χ4v) is 7.32. The van der Waals surface area contributed by atoms with E-state index < -0.39 is 0 Å². The van der Waals surface area contributed by atoms with E-state index in [1.54, 1.807) is 0 Å². The fraction of sp³-hybridized carbons (Fsp3) is 0.143. The van der Waals surface area contributed by atoms with Crippen LogP contribution in [-0.4, -0.2) is 4.40 Å². The summed E-state index contributed by atoms with van der Waals surface area (Å²) in [6.07, 6.45) is 0. The van der Waals surface area contributed by atoms with Crippen LogP contribution in [0.2, 0.25) is 0 Å². The van der Waals surface area contributed by atoms with Gasteiger partial charge in [0.2, 0.25) is 0 Å². The third-order valence-corrected chi connectivity index (χ3v) is 9.77. The molecule has 0 saturated carbocycles. The molecule has 7 aromatic carbocycles. The average molecular weight is 552 g/mol. The van der Waals surface area contributed by atoms with Gasteiger partial charge in [-0.05, 0) is 109 Å². The van der Waals surface area contributed by atoms with Gasteiger partial charge in [0.15, 0.2) is 0 Å². The van der Waals surface area contributed by atoms with Crippen LogP contribution >= 0.6 is 0 Å². The Balaban J connectivity index is 1.43. The molecule has 2 heterocycles. The Morgan fingerprint density at radius 2 is 0.907 bits per heavy atom. The van der Waals surface area contributed by atoms with Crippen molar-refractivity contribution in [2.75, 3.05) is 0 Å². The normalized spacial score (nSPS) is 12.6. The molecule has 43 heavy (non-hydrogen) atoms. The van der Waals surface area contributed by atoms with Gasteiger partial charge in [0.25, 0.3) is 0 Å². The molecule has 9 aromatic rings. The summed E-state index contributed by atoms with van der Waals surface area (Å²) in [5.41, 5.74) is 9.20. The number of nitrogens with zero attached hydrogens (tertiary/aromatic N) is 1. The molecule has 0 N–H and O–H groups in total. The Labute approximate surface area is 251 Å². The maximum absolute atomic E-state index is 2.53. The van der Waals surface area contributed by atoms with Gasteiger partial charge in [-0.2, -0.15) is 0 Å². The molecule has 0 aliphatic rings. The molecule has 0 amide bonds. The van der Waals surface area contributed by atoms with Crippen LogP contribution in [0.4, 0.5) is 0 Å². The van der Waals surface area contributed by atoms with Crippen molar-refractivity contribution in [3.05, 3.63) is 126 Å². The minimum atomic E-state index is 0.503. The van der Waals surface area contributed by atoms with Crippen molar-refractivity contribution < 1.29 is 0 Å². The van der Waals surface area contributed by atoms with Gasteiger partial charge in [-0.15, -0.1) is 0 Å². The van der Waals surface area contributed by atoms with Crippen molar-refractivity contribution >= 4 is 70.4 Å². The summed E-state index contributed by atoms with van der Waals surface area (Å²) < 4.78 is 2.53. The van der Waals surface area contributed by atoms with E-state index >= 15 is 0 Å². The number of rotatable bonds is 3. The van der Waals surface area contributed by atoms with Crippen molar-refractivity contribution in [3.8, 4) is 11.1 Å². The molecule has 0 atom stereocenters. The lowest BCUT2D eigenvalue weighted by Crippen LogP contribution is -1.88. The summed E-state index contributed by atoms with van der Waals surface area (Å²) >= 11 is 0. The highest BCUT2D eigenvalue weighted by Crippen LogP contribution is 2.44. The molecule has 0 spiro atoms. The van der Waals surface area contributed by atoms with Crippen LogP contribution in [0, 0.1) is 0 Å². The molecule has 0 aliphatic carbocycles. The van der Waals surface area contributed by atoms with Crippen molar-refractivity contribution in [1.82, 2.24) is 4.40 Å². The van der Waals surface area contributed by atoms with E-state index in [1.165, 1.54) is 92.7 Å². The number of fused-ring (bicyclic) bond motifs is 9. The Kier molecular flexibility index (Phi) is 5.06. The van der Waals surface area contributed by atoms with E-state index in [0.29, 0.717) is 11.8 Å². The predicted octanol–water partition coefficient (Wildman–Crippen LogP) is 12.2. The van der Waals surface area contributed by atoms with E-state index in [2.05, 4.69) is 147 Å². The Hall–Kier alpha value is -4.88. The maximum atomic E-state index is 2.53. The van der Waals surface area contributed by atoms with Gasteiger partial charge in [0.1, 0.15) is 0 Å². The van der Waals surface area contributed by atoms with Crippen molar-refractivity contribution in [1.29, 1.82) is 0 Å². The van der Waals surface area contributed by atoms with Crippen LogP contribution in [0.5, 0.6) is 0 Å². The zero-order valence-corrected chi connectivity index (χ0v) is 25.1. The molecule has 0 saturated heterocycles. The lowest BCUT2D eigenvalue weighted by atomic mass is 9.95. The standard InChI is InChI=1S/C42H33N/c1-24(2)27-10-13-31-22-40-36(18-33(31)15-27)38-20-35(30-12-9-26-7-5-6-8-29(26)17-30)21-39-37-19-34-16-28(25(3)4)11-14-32(34)23-41(37)43(40)42(38)39/h5-25H,1-4H3. The third-order valence-electron chi connectivity index (χ3n) is 9.77. The number of hydrogen-bond acceptors (Lipinski definition) is 0. The highest BCUT2D eigenvalue weighted by molar-refractivity contribution is 6.27. The van der Waals surface area contributed by atoms with E-state index in [4.69, 9.17) is 0 Å². The number of benzene rings is 7. The van der Waals surface area contributed by atoms with E-state index in [-0.39, 0.29) is 0 Å². The molecule has 0 bridgehead atoms. The highest BCUT2D eigenvalue weighted by atomic mass is 14.9. The molecule has 0 aliphatic heterocycles. The molecule has 206 valence electrons. The largest absolute Gasteiger partial charge is 0.308 e. The van der Waals surface area contributed by atoms with E-state index in [9.17, 15) is 0 Å². The molecule has 0 fully saturated rings. The molecule has 1 nitrogen and oxygen atoms in total. The second kappa shape index (κ2) is 8.82. The predicted molar refractivity (Wildman–Crippen MR) is 187 cm³/mol. The van der Waals surface area contributed by atoms with Crippen LogP contribution < -0.4 is 0 Å². The van der Waals surface area contributed by atoms with Gasteiger partial charge < -0.3 is 4.40 Å².